The van der Waals surface area contributed by atoms with E-state index in [4.69, 9.17) is 0 Å². The van der Waals surface area contributed by atoms with Gasteiger partial charge in [0.15, 0.2) is 0 Å². The molecule has 4 nitrogen and oxygen atoms in total. The fraction of sp³-hybridized carbons (Fsp3) is 0.294. The average Bonchev–Trinajstić information content (AvgIpc) is 3.15. The van der Waals surface area contributed by atoms with Gasteiger partial charge in [-0.1, -0.05) is 6.07 Å². The quantitative estimate of drug-likeness (QED) is 0.783. The minimum atomic E-state index is -0.280. The van der Waals surface area contributed by atoms with Gasteiger partial charge >= 0.3 is 0 Å². The van der Waals surface area contributed by atoms with Gasteiger partial charge in [-0.25, -0.2) is 4.39 Å². The van der Waals surface area contributed by atoms with Crippen LogP contribution in [-0.2, 0) is 4.79 Å². The van der Waals surface area contributed by atoms with E-state index in [-0.39, 0.29) is 17.6 Å². The summed E-state index contributed by atoms with van der Waals surface area (Å²) in [7, 11) is 0. The lowest BCUT2D eigenvalue weighted by Gasteiger charge is -2.34. The van der Waals surface area contributed by atoms with Crippen LogP contribution in [0, 0.1) is 5.82 Å². The van der Waals surface area contributed by atoms with E-state index in [0.717, 1.165) is 9.77 Å². The zero-order chi connectivity index (χ0) is 16.9. The molecule has 2 aromatic rings. The third-order valence-electron chi connectivity index (χ3n) is 3.83. The van der Waals surface area contributed by atoms with Gasteiger partial charge in [0, 0.05) is 31.1 Å². The normalized spacial score (nSPS) is 14.7. The monoisotopic (exact) mass is 364 g/mol. The molecular formula is C17H17FN2O2S2. The first kappa shape index (κ1) is 17.0. The Hall–Kier alpha value is -1.86. The SMILES string of the molecule is O=C(CSc1ccc(F)cc1)N1CCN(C(=O)c2cccs2)CC1. The van der Waals surface area contributed by atoms with Gasteiger partial charge < -0.3 is 9.80 Å². The highest BCUT2D eigenvalue weighted by Gasteiger charge is 2.25. The molecule has 1 aliphatic rings. The molecule has 0 bridgehead atoms. The number of hydrogen-bond donors (Lipinski definition) is 0. The summed E-state index contributed by atoms with van der Waals surface area (Å²) in [6.07, 6.45) is 0. The van der Waals surface area contributed by atoms with Crippen LogP contribution in [0.2, 0.25) is 0 Å². The van der Waals surface area contributed by atoms with Crippen LogP contribution in [0.1, 0.15) is 9.67 Å². The summed E-state index contributed by atoms with van der Waals surface area (Å²) in [6, 6.07) is 9.81. The predicted octanol–water partition coefficient (Wildman–Crippen LogP) is 2.96. The Balaban J connectivity index is 1.46. The first-order valence-corrected chi connectivity index (χ1v) is 9.49. The Bertz CT molecular complexity index is 696. The summed E-state index contributed by atoms with van der Waals surface area (Å²) < 4.78 is 12.9. The van der Waals surface area contributed by atoms with Gasteiger partial charge in [-0.05, 0) is 35.7 Å². The van der Waals surface area contributed by atoms with Crippen LogP contribution in [0.25, 0.3) is 0 Å². The van der Waals surface area contributed by atoms with Crippen molar-refractivity contribution in [2.24, 2.45) is 0 Å². The number of nitrogens with zero attached hydrogens (tertiary/aromatic N) is 2. The van der Waals surface area contributed by atoms with Crippen LogP contribution < -0.4 is 0 Å². The third-order valence-corrected chi connectivity index (χ3v) is 5.68. The molecule has 2 heterocycles. The number of benzene rings is 1. The summed E-state index contributed by atoms with van der Waals surface area (Å²) >= 11 is 2.84. The first-order valence-electron chi connectivity index (χ1n) is 7.62. The van der Waals surface area contributed by atoms with E-state index < -0.39 is 0 Å². The largest absolute Gasteiger partial charge is 0.338 e. The predicted molar refractivity (Wildman–Crippen MR) is 93.9 cm³/mol. The average molecular weight is 364 g/mol. The molecule has 2 amide bonds. The molecule has 24 heavy (non-hydrogen) atoms. The van der Waals surface area contributed by atoms with Crippen LogP contribution >= 0.6 is 23.1 Å². The van der Waals surface area contributed by atoms with Crippen molar-refractivity contribution in [1.82, 2.24) is 9.80 Å². The van der Waals surface area contributed by atoms with Gasteiger partial charge in [-0.15, -0.1) is 23.1 Å². The summed E-state index contributed by atoms with van der Waals surface area (Å²) in [5.41, 5.74) is 0. The number of piperazine rings is 1. The Morgan fingerprint density at radius 3 is 2.33 bits per heavy atom. The van der Waals surface area contributed by atoms with Crippen molar-refractivity contribution in [3.05, 3.63) is 52.5 Å². The zero-order valence-electron chi connectivity index (χ0n) is 13.0. The smallest absolute Gasteiger partial charge is 0.264 e. The molecule has 1 saturated heterocycles. The van der Waals surface area contributed by atoms with E-state index in [0.29, 0.717) is 31.9 Å². The zero-order valence-corrected chi connectivity index (χ0v) is 14.6. The number of halogens is 1. The van der Waals surface area contributed by atoms with Crippen LogP contribution in [0.15, 0.2) is 46.7 Å². The summed E-state index contributed by atoms with van der Waals surface area (Å²) in [4.78, 5) is 29.7. The van der Waals surface area contributed by atoms with Crippen molar-refractivity contribution < 1.29 is 14.0 Å². The van der Waals surface area contributed by atoms with Gasteiger partial charge in [-0.2, -0.15) is 0 Å². The van der Waals surface area contributed by atoms with Crippen LogP contribution in [0.4, 0.5) is 4.39 Å². The molecular weight excluding hydrogens is 347 g/mol. The lowest BCUT2D eigenvalue weighted by Crippen LogP contribution is -2.50. The maximum absolute atomic E-state index is 12.9. The molecule has 0 radical (unpaired) electrons. The van der Waals surface area contributed by atoms with E-state index in [1.807, 2.05) is 17.5 Å². The van der Waals surface area contributed by atoms with Crippen molar-refractivity contribution in [3.63, 3.8) is 0 Å². The molecule has 1 aliphatic heterocycles. The maximum Gasteiger partial charge on any atom is 0.264 e. The molecule has 3 rings (SSSR count). The van der Waals surface area contributed by atoms with E-state index >= 15 is 0 Å². The number of hydrogen-bond acceptors (Lipinski definition) is 4. The van der Waals surface area contributed by atoms with Gasteiger partial charge in [0.05, 0.1) is 10.6 Å². The molecule has 0 unspecified atom stereocenters. The van der Waals surface area contributed by atoms with E-state index in [9.17, 15) is 14.0 Å². The third kappa shape index (κ3) is 4.15. The number of amides is 2. The summed E-state index contributed by atoms with van der Waals surface area (Å²) in [6.45, 7) is 2.23. The van der Waals surface area contributed by atoms with Gasteiger partial charge in [-0.3, -0.25) is 9.59 Å². The second-order valence-corrected chi connectivity index (χ2v) is 7.39. The van der Waals surface area contributed by atoms with Crippen LogP contribution in [-0.4, -0.2) is 53.5 Å². The molecule has 1 aromatic heterocycles. The van der Waals surface area contributed by atoms with Crippen molar-refractivity contribution in [2.45, 2.75) is 4.90 Å². The molecule has 0 spiro atoms. The number of carbonyl (C=O) groups is 2. The number of thioether (sulfide) groups is 1. The van der Waals surface area contributed by atoms with Crippen molar-refractivity contribution >= 4 is 34.9 Å². The Morgan fingerprint density at radius 1 is 1.04 bits per heavy atom. The second kappa shape index (κ2) is 7.81. The standard InChI is InChI=1S/C17H17FN2O2S2/c18-13-3-5-14(6-4-13)24-12-16(21)19-7-9-20(10-8-19)17(22)15-2-1-11-23-15/h1-6,11H,7-10,12H2. The van der Waals surface area contributed by atoms with Crippen molar-refractivity contribution in [1.29, 1.82) is 0 Å². The molecule has 0 N–H and O–H groups in total. The number of rotatable bonds is 4. The van der Waals surface area contributed by atoms with E-state index in [2.05, 4.69) is 0 Å². The molecule has 0 saturated carbocycles. The van der Waals surface area contributed by atoms with Gasteiger partial charge in [0.2, 0.25) is 5.91 Å². The Kier molecular flexibility index (Phi) is 5.52. The lowest BCUT2D eigenvalue weighted by atomic mass is 10.3. The van der Waals surface area contributed by atoms with Crippen LogP contribution in [0.5, 0.6) is 0 Å². The lowest BCUT2D eigenvalue weighted by molar-refractivity contribution is -0.129. The highest BCUT2D eigenvalue weighted by Crippen LogP contribution is 2.19. The highest BCUT2D eigenvalue weighted by molar-refractivity contribution is 8.00. The van der Waals surface area contributed by atoms with Crippen molar-refractivity contribution in [2.75, 3.05) is 31.9 Å². The molecule has 0 atom stereocenters. The molecule has 0 aliphatic carbocycles. The minimum Gasteiger partial charge on any atom is -0.338 e. The molecule has 1 aromatic carbocycles. The summed E-state index contributed by atoms with van der Waals surface area (Å²) in [5, 5.41) is 1.89. The molecule has 1 fully saturated rings. The Labute approximate surface area is 148 Å². The van der Waals surface area contributed by atoms with E-state index in [1.165, 1.54) is 35.2 Å². The Morgan fingerprint density at radius 2 is 1.71 bits per heavy atom. The fourth-order valence-electron chi connectivity index (χ4n) is 2.48. The van der Waals surface area contributed by atoms with Crippen molar-refractivity contribution in [3.8, 4) is 0 Å². The molecule has 7 heteroatoms. The summed E-state index contributed by atoms with van der Waals surface area (Å²) in [5.74, 6) is 0.132. The first-order chi connectivity index (χ1) is 11.6. The topological polar surface area (TPSA) is 40.6 Å². The highest BCUT2D eigenvalue weighted by atomic mass is 32.2. The van der Waals surface area contributed by atoms with E-state index in [1.54, 1.807) is 21.9 Å². The molecule has 126 valence electrons. The minimum absolute atomic E-state index is 0.0396. The number of carbonyl (C=O) groups excluding carboxylic acids is 2. The number of thiophene rings is 1. The van der Waals surface area contributed by atoms with Crippen LogP contribution in [0.3, 0.4) is 0 Å². The second-order valence-electron chi connectivity index (χ2n) is 5.39. The maximum atomic E-state index is 12.9. The van der Waals surface area contributed by atoms with Gasteiger partial charge in [0.25, 0.3) is 5.91 Å². The van der Waals surface area contributed by atoms with Gasteiger partial charge in [0.1, 0.15) is 5.82 Å². The fourth-order valence-corrected chi connectivity index (χ4v) is 3.97.